The minimum atomic E-state index is -0.219. The van der Waals surface area contributed by atoms with Crippen LogP contribution in [-0.4, -0.2) is 13.4 Å². The standard InChI is InChI=1S/C18H15FOS2/c1-20-17-11-14(21-2)7-8-15(17)16-9-10-22-18(16)12-3-5-13(19)6-4-12/h3-11H,1-2H3. The Morgan fingerprint density at radius 2 is 1.77 bits per heavy atom. The lowest BCUT2D eigenvalue weighted by Gasteiger charge is -2.11. The van der Waals surface area contributed by atoms with Gasteiger partial charge in [0.15, 0.2) is 0 Å². The minimum Gasteiger partial charge on any atom is -0.496 e. The number of methoxy groups -OCH3 is 1. The molecule has 0 N–H and O–H groups in total. The first-order chi connectivity index (χ1) is 10.7. The number of benzene rings is 2. The Hall–Kier alpha value is -1.78. The second-order valence-corrected chi connectivity index (χ2v) is 6.53. The monoisotopic (exact) mass is 330 g/mol. The van der Waals surface area contributed by atoms with Gasteiger partial charge in [0, 0.05) is 20.9 Å². The molecular formula is C18H15FOS2. The molecule has 0 aliphatic carbocycles. The molecule has 0 saturated carbocycles. The molecule has 1 heterocycles. The molecule has 0 saturated heterocycles. The SMILES string of the molecule is COc1cc(SC)ccc1-c1ccsc1-c1ccc(F)cc1. The molecule has 0 aliphatic rings. The van der Waals surface area contributed by atoms with Gasteiger partial charge >= 0.3 is 0 Å². The molecule has 1 nitrogen and oxygen atoms in total. The van der Waals surface area contributed by atoms with Crippen molar-refractivity contribution in [2.75, 3.05) is 13.4 Å². The Labute approximate surface area is 137 Å². The first kappa shape index (κ1) is 15.1. The van der Waals surface area contributed by atoms with Gasteiger partial charge in [0.1, 0.15) is 11.6 Å². The topological polar surface area (TPSA) is 9.23 Å². The van der Waals surface area contributed by atoms with Crippen LogP contribution in [0, 0.1) is 5.82 Å². The van der Waals surface area contributed by atoms with E-state index in [1.54, 1.807) is 30.2 Å². The first-order valence-electron chi connectivity index (χ1n) is 6.78. The van der Waals surface area contributed by atoms with E-state index in [9.17, 15) is 4.39 Å². The maximum absolute atomic E-state index is 13.1. The molecule has 22 heavy (non-hydrogen) atoms. The maximum atomic E-state index is 13.1. The van der Waals surface area contributed by atoms with E-state index in [-0.39, 0.29) is 5.82 Å². The Kier molecular flexibility index (Phi) is 4.50. The number of hydrogen-bond donors (Lipinski definition) is 0. The zero-order valence-electron chi connectivity index (χ0n) is 12.3. The highest BCUT2D eigenvalue weighted by Crippen LogP contribution is 2.41. The lowest BCUT2D eigenvalue weighted by molar-refractivity contribution is 0.415. The molecule has 0 fully saturated rings. The van der Waals surface area contributed by atoms with Crippen molar-refractivity contribution in [2.24, 2.45) is 0 Å². The van der Waals surface area contributed by atoms with Gasteiger partial charge in [-0.3, -0.25) is 0 Å². The summed E-state index contributed by atoms with van der Waals surface area (Å²) in [6.07, 6.45) is 2.04. The van der Waals surface area contributed by atoms with Crippen LogP contribution < -0.4 is 4.74 Å². The Morgan fingerprint density at radius 1 is 1.00 bits per heavy atom. The normalized spacial score (nSPS) is 10.7. The van der Waals surface area contributed by atoms with Gasteiger partial charge < -0.3 is 4.74 Å². The second-order valence-electron chi connectivity index (χ2n) is 4.74. The minimum absolute atomic E-state index is 0.219. The highest BCUT2D eigenvalue weighted by atomic mass is 32.2. The maximum Gasteiger partial charge on any atom is 0.127 e. The molecule has 3 rings (SSSR count). The summed E-state index contributed by atoms with van der Waals surface area (Å²) in [6, 6.07) is 14.9. The van der Waals surface area contributed by atoms with Gasteiger partial charge in [-0.2, -0.15) is 0 Å². The fourth-order valence-corrected chi connectivity index (χ4v) is 3.71. The number of rotatable bonds is 4. The average Bonchev–Trinajstić information content (AvgIpc) is 3.04. The van der Waals surface area contributed by atoms with Crippen molar-refractivity contribution in [2.45, 2.75) is 4.90 Å². The van der Waals surface area contributed by atoms with Gasteiger partial charge in [-0.1, -0.05) is 12.1 Å². The van der Waals surface area contributed by atoms with Gasteiger partial charge in [-0.05, 0) is 53.6 Å². The van der Waals surface area contributed by atoms with Gasteiger partial charge in [0.25, 0.3) is 0 Å². The third-order valence-electron chi connectivity index (χ3n) is 3.47. The summed E-state index contributed by atoms with van der Waals surface area (Å²) < 4.78 is 18.7. The van der Waals surface area contributed by atoms with Crippen molar-refractivity contribution in [1.82, 2.24) is 0 Å². The third kappa shape index (κ3) is 2.89. The van der Waals surface area contributed by atoms with E-state index in [1.807, 2.05) is 24.5 Å². The molecule has 4 heteroatoms. The number of ether oxygens (including phenoxy) is 1. The second kappa shape index (κ2) is 6.55. The van der Waals surface area contributed by atoms with E-state index in [1.165, 1.54) is 17.0 Å². The quantitative estimate of drug-likeness (QED) is 0.547. The van der Waals surface area contributed by atoms with Gasteiger partial charge in [0.05, 0.1) is 7.11 Å². The Morgan fingerprint density at radius 3 is 2.45 bits per heavy atom. The smallest absolute Gasteiger partial charge is 0.127 e. The van der Waals surface area contributed by atoms with E-state index in [4.69, 9.17) is 4.74 Å². The molecule has 0 amide bonds. The number of hydrogen-bond acceptors (Lipinski definition) is 3. The molecule has 2 aromatic carbocycles. The fraction of sp³-hybridized carbons (Fsp3) is 0.111. The van der Waals surface area contributed by atoms with Crippen molar-refractivity contribution in [1.29, 1.82) is 0 Å². The van der Waals surface area contributed by atoms with E-state index in [0.717, 1.165) is 27.3 Å². The largest absolute Gasteiger partial charge is 0.496 e. The lowest BCUT2D eigenvalue weighted by Crippen LogP contribution is -1.89. The molecule has 0 unspecified atom stereocenters. The lowest BCUT2D eigenvalue weighted by atomic mass is 10.0. The summed E-state index contributed by atoms with van der Waals surface area (Å²) in [5, 5.41) is 2.05. The van der Waals surface area contributed by atoms with E-state index in [0.29, 0.717) is 0 Å². The van der Waals surface area contributed by atoms with Gasteiger partial charge in [-0.25, -0.2) is 4.39 Å². The summed E-state index contributed by atoms with van der Waals surface area (Å²) in [6.45, 7) is 0. The van der Waals surface area contributed by atoms with Crippen LogP contribution in [-0.2, 0) is 0 Å². The van der Waals surface area contributed by atoms with Crippen molar-refractivity contribution < 1.29 is 9.13 Å². The molecule has 1 aromatic heterocycles. The zero-order valence-corrected chi connectivity index (χ0v) is 13.9. The van der Waals surface area contributed by atoms with Crippen LogP contribution in [0.5, 0.6) is 5.75 Å². The predicted molar refractivity (Wildman–Crippen MR) is 93.5 cm³/mol. The summed E-state index contributed by atoms with van der Waals surface area (Å²) in [5.41, 5.74) is 3.18. The summed E-state index contributed by atoms with van der Waals surface area (Å²) in [7, 11) is 1.69. The van der Waals surface area contributed by atoms with Crippen LogP contribution in [0.15, 0.2) is 58.8 Å². The number of thiophene rings is 1. The fourth-order valence-electron chi connectivity index (χ4n) is 2.37. The van der Waals surface area contributed by atoms with Crippen LogP contribution in [0.4, 0.5) is 4.39 Å². The molecule has 0 bridgehead atoms. The third-order valence-corrected chi connectivity index (χ3v) is 5.16. The number of halogens is 1. The van der Waals surface area contributed by atoms with Crippen LogP contribution in [0.2, 0.25) is 0 Å². The highest BCUT2D eigenvalue weighted by molar-refractivity contribution is 7.98. The molecule has 0 radical (unpaired) electrons. The number of thioether (sulfide) groups is 1. The van der Waals surface area contributed by atoms with Crippen LogP contribution in [0.25, 0.3) is 21.6 Å². The highest BCUT2D eigenvalue weighted by Gasteiger charge is 2.14. The summed E-state index contributed by atoms with van der Waals surface area (Å²) in [4.78, 5) is 2.29. The molecule has 112 valence electrons. The molecule has 3 aromatic rings. The molecule has 0 atom stereocenters. The van der Waals surface area contributed by atoms with Gasteiger partial charge in [-0.15, -0.1) is 23.1 Å². The van der Waals surface area contributed by atoms with Crippen molar-refractivity contribution in [3.8, 4) is 27.3 Å². The molecular weight excluding hydrogens is 315 g/mol. The summed E-state index contributed by atoms with van der Waals surface area (Å²) in [5.74, 6) is 0.636. The average molecular weight is 330 g/mol. The first-order valence-corrected chi connectivity index (χ1v) is 8.89. The zero-order chi connectivity index (χ0) is 15.5. The Bertz CT molecular complexity index is 778. The predicted octanol–water partition coefficient (Wildman–Crippen LogP) is 5.95. The van der Waals surface area contributed by atoms with Gasteiger partial charge in [0.2, 0.25) is 0 Å². The van der Waals surface area contributed by atoms with Crippen molar-refractivity contribution in [3.63, 3.8) is 0 Å². The van der Waals surface area contributed by atoms with Crippen molar-refractivity contribution in [3.05, 3.63) is 59.7 Å². The molecule has 0 aliphatic heterocycles. The summed E-state index contributed by atoms with van der Waals surface area (Å²) >= 11 is 3.34. The molecule has 0 spiro atoms. The van der Waals surface area contributed by atoms with Crippen LogP contribution in [0.1, 0.15) is 0 Å². The van der Waals surface area contributed by atoms with Crippen molar-refractivity contribution >= 4 is 23.1 Å². The van der Waals surface area contributed by atoms with E-state index >= 15 is 0 Å². The van der Waals surface area contributed by atoms with Crippen LogP contribution in [0.3, 0.4) is 0 Å². The van der Waals surface area contributed by atoms with Crippen LogP contribution >= 0.6 is 23.1 Å². The Balaban J connectivity index is 2.10. The van der Waals surface area contributed by atoms with E-state index in [2.05, 4.69) is 23.6 Å². The van der Waals surface area contributed by atoms with E-state index < -0.39 is 0 Å².